The number of halogens is 1. The molecule has 1 saturated heterocycles. The van der Waals surface area contributed by atoms with Crippen LogP contribution in [0.1, 0.15) is 12.0 Å². The van der Waals surface area contributed by atoms with Crippen LogP contribution in [0.2, 0.25) is 0 Å². The summed E-state index contributed by atoms with van der Waals surface area (Å²) in [6, 6.07) is 9.14. The first-order valence-corrected chi connectivity index (χ1v) is 6.20. The largest absolute Gasteiger partial charge is 0.309 e. The van der Waals surface area contributed by atoms with Crippen LogP contribution in [0.25, 0.3) is 0 Å². The van der Waals surface area contributed by atoms with Gasteiger partial charge in [0.15, 0.2) is 0 Å². The van der Waals surface area contributed by atoms with Gasteiger partial charge in [0, 0.05) is 23.6 Å². The van der Waals surface area contributed by atoms with Gasteiger partial charge in [0.1, 0.15) is 0 Å². The Morgan fingerprint density at radius 2 is 2.40 bits per heavy atom. The van der Waals surface area contributed by atoms with E-state index in [1.54, 1.807) is 0 Å². The van der Waals surface area contributed by atoms with Gasteiger partial charge in [-0.3, -0.25) is 0 Å². The summed E-state index contributed by atoms with van der Waals surface area (Å²) in [5.41, 5.74) is 1.35. The van der Waals surface area contributed by atoms with Crippen molar-refractivity contribution in [3.05, 3.63) is 34.3 Å². The molecule has 0 unspecified atom stereocenters. The Balaban J connectivity index is 1.83. The van der Waals surface area contributed by atoms with E-state index in [9.17, 15) is 0 Å². The zero-order chi connectivity index (χ0) is 10.7. The summed E-state index contributed by atoms with van der Waals surface area (Å²) in [7, 11) is 2.18. The zero-order valence-electron chi connectivity index (χ0n) is 9.04. The second-order valence-electron chi connectivity index (χ2n) is 4.26. The highest BCUT2D eigenvalue weighted by atomic mass is 79.9. The number of likely N-dealkylation sites (N-methyl/N-ethyl adjacent to an activating group) is 1. The van der Waals surface area contributed by atoms with Crippen LogP contribution in [0.3, 0.4) is 0 Å². The van der Waals surface area contributed by atoms with Gasteiger partial charge in [0.05, 0.1) is 0 Å². The number of benzene rings is 1. The molecule has 1 atom stereocenters. The first-order chi connectivity index (χ1) is 7.24. The maximum atomic E-state index is 3.59. The van der Waals surface area contributed by atoms with Crippen molar-refractivity contribution < 1.29 is 0 Å². The Hall–Kier alpha value is -0.380. The van der Waals surface area contributed by atoms with Crippen LogP contribution >= 0.6 is 15.9 Å². The molecule has 1 heterocycles. The molecule has 0 amide bonds. The second-order valence-corrected chi connectivity index (χ2v) is 5.17. The van der Waals surface area contributed by atoms with E-state index in [0.717, 1.165) is 11.0 Å². The minimum absolute atomic E-state index is 0.661. The SMILES string of the molecule is CN1CC[C@@H](NCc2cccc(Br)c2)C1. The number of rotatable bonds is 3. The molecule has 1 aromatic carbocycles. The van der Waals surface area contributed by atoms with Gasteiger partial charge in [-0.1, -0.05) is 28.1 Å². The Labute approximate surface area is 99.8 Å². The molecular weight excluding hydrogens is 252 g/mol. The van der Waals surface area contributed by atoms with Gasteiger partial charge in [0.2, 0.25) is 0 Å². The maximum Gasteiger partial charge on any atom is 0.0210 e. The van der Waals surface area contributed by atoms with E-state index in [1.165, 1.54) is 25.1 Å². The molecule has 1 aliphatic rings. The number of hydrogen-bond donors (Lipinski definition) is 1. The number of nitrogens with one attached hydrogen (secondary N) is 1. The zero-order valence-corrected chi connectivity index (χ0v) is 10.6. The van der Waals surface area contributed by atoms with Crippen molar-refractivity contribution >= 4 is 15.9 Å². The Morgan fingerprint density at radius 3 is 3.07 bits per heavy atom. The van der Waals surface area contributed by atoms with Crippen LogP contribution in [0.5, 0.6) is 0 Å². The van der Waals surface area contributed by atoms with Gasteiger partial charge >= 0.3 is 0 Å². The molecule has 82 valence electrons. The van der Waals surface area contributed by atoms with Crippen molar-refractivity contribution in [2.75, 3.05) is 20.1 Å². The van der Waals surface area contributed by atoms with Crippen molar-refractivity contribution in [3.8, 4) is 0 Å². The van der Waals surface area contributed by atoms with E-state index in [2.05, 4.69) is 57.5 Å². The third kappa shape index (κ3) is 3.30. The fourth-order valence-electron chi connectivity index (χ4n) is 2.01. The molecule has 2 rings (SSSR count). The fraction of sp³-hybridized carbons (Fsp3) is 0.500. The van der Waals surface area contributed by atoms with Crippen molar-refractivity contribution in [1.82, 2.24) is 10.2 Å². The normalized spacial score (nSPS) is 22.1. The van der Waals surface area contributed by atoms with Gasteiger partial charge in [-0.25, -0.2) is 0 Å². The topological polar surface area (TPSA) is 15.3 Å². The first-order valence-electron chi connectivity index (χ1n) is 5.40. The van der Waals surface area contributed by atoms with Gasteiger partial charge in [-0.2, -0.15) is 0 Å². The average Bonchev–Trinajstić information content (AvgIpc) is 2.62. The lowest BCUT2D eigenvalue weighted by Crippen LogP contribution is -2.30. The predicted molar refractivity (Wildman–Crippen MR) is 66.9 cm³/mol. The molecule has 0 aliphatic carbocycles. The van der Waals surface area contributed by atoms with E-state index in [0.29, 0.717) is 6.04 Å². The quantitative estimate of drug-likeness (QED) is 0.905. The fourth-order valence-corrected chi connectivity index (χ4v) is 2.46. The lowest BCUT2D eigenvalue weighted by Gasteiger charge is -2.12. The van der Waals surface area contributed by atoms with Crippen molar-refractivity contribution in [3.63, 3.8) is 0 Å². The summed E-state index contributed by atoms with van der Waals surface area (Å²) in [5, 5.41) is 3.59. The third-order valence-electron chi connectivity index (χ3n) is 2.88. The minimum Gasteiger partial charge on any atom is -0.309 e. The van der Waals surface area contributed by atoms with E-state index in [1.807, 2.05) is 0 Å². The van der Waals surface area contributed by atoms with Crippen LogP contribution in [-0.2, 0) is 6.54 Å². The highest BCUT2D eigenvalue weighted by Crippen LogP contribution is 2.12. The number of nitrogens with zero attached hydrogens (tertiary/aromatic N) is 1. The Bertz CT molecular complexity index is 327. The highest BCUT2D eigenvalue weighted by Gasteiger charge is 2.18. The van der Waals surface area contributed by atoms with E-state index >= 15 is 0 Å². The molecule has 1 N–H and O–H groups in total. The molecule has 2 nitrogen and oxygen atoms in total. The number of hydrogen-bond acceptors (Lipinski definition) is 2. The molecule has 0 spiro atoms. The molecular formula is C12H17BrN2. The van der Waals surface area contributed by atoms with Crippen LogP contribution in [0, 0.1) is 0 Å². The lowest BCUT2D eigenvalue weighted by molar-refractivity contribution is 0.397. The van der Waals surface area contributed by atoms with Gasteiger partial charge in [-0.05, 0) is 37.7 Å². The van der Waals surface area contributed by atoms with Crippen LogP contribution in [-0.4, -0.2) is 31.1 Å². The summed E-state index contributed by atoms with van der Waals surface area (Å²) < 4.78 is 1.16. The van der Waals surface area contributed by atoms with Crippen molar-refractivity contribution in [1.29, 1.82) is 0 Å². The Morgan fingerprint density at radius 1 is 1.53 bits per heavy atom. The standard InChI is InChI=1S/C12H17BrN2/c1-15-6-5-12(9-15)14-8-10-3-2-4-11(13)7-10/h2-4,7,12,14H,5-6,8-9H2,1H3/t12-/m1/s1. The lowest BCUT2D eigenvalue weighted by atomic mass is 10.2. The maximum absolute atomic E-state index is 3.59. The summed E-state index contributed by atoms with van der Waals surface area (Å²) in [4.78, 5) is 2.37. The monoisotopic (exact) mass is 268 g/mol. The van der Waals surface area contributed by atoms with E-state index < -0.39 is 0 Å². The van der Waals surface area contributed by atoms with Crippen LogP contribution in [0.4, 0.5) is 0 Å². The van der Waals surface area contributed by atoms with Gasteiger partial charge in [0.25, 0.3) is 0 Å². The third-order valence-corrected chi connectivity index (χ3v) is 3.37. The molecule has 0 aromatic heterocycles. The molecule has 1 aromatic rings. The van der Waals surface area contributed by atoms with Crippen LogP contribution < -0.4 is 5.32 Å². The molecule has 1 fully saturated rings. The summed E-state index contributed by atoms with van der Waals surface area (Å²) in [6.45, 7) is 3.36. The van der Waals surface area contributed by atoms with Gasteiger partial charge < -0.3 is 10.2 Å². The molecule has 15 heavy (non-hydrogen) atoms. The van der Waals surface area contributed by atoms with Crippen molar-refractivity contribution in [2.24, 2.45) is 0 Å². The smallest absolute Gasteiger partial charge is 0.0210 e. The first kappa shape index (κ1) is 11.1. The average molecular weight is 269 g/mol. The Kier molecular flexibility index (Phi) is 3.78. The summed E-state index contributed by atoms with van der Waals surface area (Å²) in [6.07, 6.45) is 1.27. The summed E-state index contributed by atoms with van der Waals surface area (Å²) >= 11 is 3.49. The molecule has 3 heteroatoms. The van der Waals surface area contributed by atoms with E-state index in [4.69, 9.17) is 0 Å². The van der Waals surface area contributed by atoms with Crippen LogP contribution in [0.15, 0.2) is 28.7 Å². The summed E-state index contributed by atoms with van der Waals surface area (Å²) in [5.74, 6) is 0. The molecule has 1 aliphatic heterocycles. The predicted octanol–water partition coefficient (Wildman–Crippen LogP) is 2.24. The van der Waals surface area contributed by atoms with E-state index in [-0.39, 0.29) is 0 Å². The van der Waals surface area contributed by atoms with Crippen molar-refractivity contribution in [2.45, 2.75) is 19.0 Å². The molecule has 0 bridgehead atoms. The number of likely N-dealkylation sites (tertiary alicyclic amines) is 1. The second kappa shape index (κ2) is 5.10. The van der Waals surface area contributed by atoms with Gasteiger partial charge in [-0.15, -0.1) is 0 Å². The molecule has 0 saturated carbocycles. The highest BCUT2D eigenvalue weighted by molar-refractivity contribution is 9.10. The molecule has 0 radical (unpaired) electrons. The minimum atomic E-state index is 0.661.